The molecule has 1 rings (SSSR count). The minimum absolute atomic E-state index is 0.0154. The molecule has 0 aromatic carbocycles. The number of amides is 1. The number of carbonyl (C=O) groups excluding carboxylic acids is 1. The Morgan fingerprint density at radius 1 is 1.56 bits per heavy atom. The summed E-state index contributed by atoms with van der Waals surface area (Å²) in [5.74, 6) is -0.0810. The van der Waals surface area contributed by atoms with Gasteiger partial charge in [-0.2, -0.15) is 0 Å². The number of nitrogens with zero attached hydrogens (tertiary/aromatic N) is 1. The maximum atomic E-state index is 12.1. The molecule has 1 aromatic rings. The molecule has 0 bridgehead atoms. The Kier molecular flexibility index (Phi) is 5.80. The molecule has 1 N–H and O–H groups in total. The minimum atomic E-state index is -0.0810. The number of halogens is 1. The summed E-state index contributed by atoms with van der Waals surface area (Å²) in [5.41, 5.74) is 0. The van der Waals surface area contributed by atoms with Crippen LogP contribution in [0.15, 0.2) is 11.4 Å². The molecule has 0 atom stereocenters. The smallest absolute Gasteiger partial charge is 0.265 e. The highest BCUT2D eigenvalue weighted by Crippen LogP contribution is 2.23. The zero-order valence-corrected chi connectivity index (χ0v) is 10.9. The summed E-state index contributed by atoms with van der Waals surface area (Å²) in [6.45, 7) is 3.09. The van der Waals surface area contributed by atoms with Crippen LogP contribution in [0.1, 0.15) is 29.4 Å². The first-order chi connectivity index (χ1) is 7.70. The van der Waals surface area contributed by atoms with Crippen molar-refractivity contribution in [2.75, 3.05) is 19.7 Å². The van der Waals surface area contributed by atoms with Crippen LogP contribution in [0.25, 0.3) is 0 Å². The number of hydrogen-bond acceptors (Lipinski definition) is 3. The van der Waals surface area contributed by atoms with E-state index in [0.717, 1.165) is 12.8 Å². The number of thiophene rings is 1. The van der Waals surface area contributed by atoms with Crippen LogP contribution in [0.3, 0.4) is 0 Å². The van der Waals surface area contributed by atoms with Crippen molar-refractivity contribution in [3.63, 3.8) is 0 Å². The Labute approximate surface area is 105 Å². The van der Waals surface area contributed by atoms with Crippen LogP contribution in [0.5, 0.6) is 0 Å². The fourth-order valence-electron chi connectivity index (χ4n) is 1.37. The van der Waals surface area contributed by atoms with E-state index in [4.69, 9.17) is 16.7 Å². The van der Waals surface area contributed by atoms with Crippen LogP contribution in [0.4, 0.5) is 0 Å². The van der Waals surface area contributed by atoms with Crippen LogP contribution >= 0.6 is 22.9 Å². The molecule has 0 aliphatic rings. The standard InChI is InChI=1S/C11H16ClNO2S/c1-2-3-5-13(6-7-14)11(15)10-9(12)4-8-16-10/h4,8,14H,2-3,5-7H2,1H3. The number of unbranched alkanes of at least 4 members (excludes halogenated alkanes) is 1. The zero-order valence-electron chi connectivity index (χ0n) is 9.28. The van der Waals surface area contributed by atoms with E-state index in [2.05, 4.69) is 6.92 Å². The molecule has 0 aliphatic carbocycles. The Balaban J connectivity index is 2.70. The number of hydrogen-bond donors (Lipinski definition) is 1. The van der Waals surface area contributed by atoms with Gasteiger partial charge in [0, 0.05) is 13.1 Å². The first-order valence-corrected chi connectivity index (χ1v) is 6.59. The van der Waals surface area contributed by atoms with Gasteiger partial charge in [0.1, 0.15) is 4.88 Å². The first-order valence-electron chi connectivity index (χ1n) is 5.33. The maximum Gasteiger partial charge on any atom is 0.265 e. The Bertz CT molecular complexity index is 340. The molecule has 1 heterocycles. The van der Waals surface area contributed by atoms with Crippen LogP contribution in [-0.2, 0) is 0 Å². The maximum absolute atomic E-state index is 12.1. The largest absolute Gasteiger partial charge is 0.395 e. The van der Waals surface area contributed by atoms with Crippen molar-refractivity contribution >= 4 is 28.8 Å². The van der Waals surface area contributed by atoms with E-state index < -0.39 is 0 Å². The lowest BCUT2D eigenvalue weighted by molar-refractivity contribution is 0.0724. The molecular formula is C11H16ClNO2S. The predicted octanol–water partition coefficient (Wildman–Crippen LogP) is 2.64. The first kappa shape index (κ1) is 13.5. The lowest BCUT2D eigenvalue weighted by atomic mass is 10.3. The molecule has 0 saturated carbocycles. The van der Waals surface area contributed by atoms with Crippen LogP contribution < -0.4 is 0 Å². The van der Waals surface area contributed by atoms with Crippen LogP contribution in [0, 0.1) is 0 Å². The Morgan fingerprint density at radius 3 is 2.81 bits per heavy atom. The van der Waals surface area contributed by atoms with Crippen molar-refractivity contribution < 1.29 is 9.90 Å². The molecular weight excluding hydrogens is 246 g/mol. The topological polar surface area (TPSA) is 40.5 Å². The third-order valence-electron chi connectivity index (χ3n) is 2.25. The highest BCUT2D eigenvalue weighted by molar-refractivity contribution is 7.12. The van der Waals surface area contributed by atoms with E-state index in [1.54, 1.807) is 16.3 Å². The van der Waals surface area contributed by atoms with Crippen molar-refractivity contribution in [2.45, 2.75) is 19.8 Å². The van der Waals surface area contributed by atoms with E-state index in [-0.39, 0.29) is 12.5 Å². The lowest BCUT2D eigenvalue weighted by Crippen LogP contribution is -2.34. The second-order valence-electron chi connectivity index (χ2n) is 3.47. The van der Waals surface area contributed by atoms with Crippen molar-refractivity contribution in [3.8, 4) is 0 Å². The second-order valence-corrected chi connectivity index (χ2v) is 4.79. The highest BCUT2D eigenvalue weighted by Gasteiger charge is 2.18. The highest BCUT2D eigenvalue weighted by atomic mass is 35.5. The second kappa shape index (κ2) is 6.89. The monoisotopic (exact) mass is 261 g/mol. The van der Waals surface area contributed by atoms with Gasteiger partial charge in [0.15, 0.2) is 0 Å². The van der Waals surface area contributed by atoms with E-state index >= 15 is 0 Å². The minimum Gasteiger partial charge on any atom is -0.395 e. The van der Waals surface area contributed by atoms with Crippen molar-refractivity contribution in [3.05, 3.63) is 21.3 Å². The summed E-state index contributed by atoms with van der Waals surface area (Å²) in [6, 6.07) is 1.72. The summed E-state index contributed by atoms with van der Waals surface area (Å²) in [5, 5.41) is 11.2. The SMILES string of the molecule is CCCCN(CCO)C(=O)c1sccc1Cl. The molecule has 0 saturated heterocycles. The Morgan fingerprint density at radius 2 is 2.31 bits per heavy atom. The predicted molar refractivity (Wildman–Crippen MR) is 67.2 cm³/mol. The van der Waals surface area contributed by atoms with Gasteiger partial charge in [-0.05, 0) is 17.9 Å². The van der Waals surface area contributed by atoms with Gasteiger partial charge in [-0.25, -0.2) is 0 Å². The van der Waals surface area contributed by atoms with Gasteiger partial charge >= 0.3 is 0 Å². The van der Waals surface area contributed by atoms with Crippen molar-refractivity contribution in [2.24, 2.45) is 0 Å². The van der Waals surface area contributed by atoms with Gasteiger partial charge in [0.25, 0.3) is 5.91 Å². The van der Waals surface area contributed by atoms with Gasteiger partial charge in [0.2, 0.25) is 0 Å². The molecule has 3 nitrogen and oxygen atoms in total. The van der Waals surface area contributed by atoms with Crippen LogP contribution in [0.2, 0.25) is 5.02 Å². The average Bonchev–Trinajstić information content (AvgIpc) is 2.69. The molecule has 0 radical (unpaired) electrons. The Hall–Kier alpha value is -0.580. The summed E-state index contributed by atoms with van der Waals surface area (Å²) in [4.78, 5) is 14.3. The normalized spacial score (nSPS) is 10.4. The molecule has 0 spiro atoms. The van der Waals surface area contributed by atoms with Crippen molar-refractivity contribution in [1.82, 2.24) is 4.90 Å². The van der Waals surface area contributed by atoms with Crippen LogP contribution in [-0.4, -0.2) is 35.6 Å². The molecule has 90 valence electrons. The molecule has 0 unspecified atom stereocenters. The third kappa shape index (κ3) is 3.47. The van der Waals surface area contributed by atoms with E-state index in [1.807, 2.05) is 0 Å². The van der Waals surface area contributed by atoms with Gasteiger partial charge in [-0.3, -0.25) is 4.79 Å². The summed E-state index contributed by atoms with van der Waals surface area (Å²) in [7, 11) is 0. The van der Waals surface area contributed by atoms with E-state index in [1.165, 1.54) is 11.3 Å². The zero-order chi connectivity index (χ0) is 12.0. The van der Waals surface area contributed by atoms with Gasteiger partial charge in [-0.1, -0.05) is 24.9 Å². The fourth-order valence-corrected chi connectivity index (χ4v) is 2.48. The molecule has 1 aromatic heterocycles. The summed E-state index contributed by atoms with van der Waals surface area (Å²) in [6.07, 6.45) is 1.96. The average molecular weight is 262 g/mol. The van der Waals surface area contributed by atoms with Gasteiger partial charge < -0.3 is 10.0 Å². The quantitative estimate of drug-likeness (QED) is 0.855. The lowest BCUT2D eigenvalue weighted by Gasteiger charge is -2.20. The van der Waals surface area contributed by atoms with Crippen molar-refractivity contribution in [1.29, 1.82) is 0 Å². The molecule has 16 heavy (non-hydrogen) atoms. The molecule has 5 heteroatoms. The van der Waals surface area contributed by atoms with Gasteiger partial charge in [0.05, 0.1) is 11.6 Å². The number of rotatable bonds is 6. The molecule has 1 amide bonds. The number of aliphatic hydroxyl groups is 1. The molecule has 0 fully saturated rings. The fraction of sp³-hybridized carbons (Fsp3) is 0.545. The van der Waals surface area contributed by atoms with E-state index in [0.29, 0.717) is 23.0 Å². The number of aliphatic hydroxyl groups excluding tert-OH is 1. The third-order valence-corrected chi connectivity index (χ3v) is 3.58. The van der Waals surface area contributed by atoms with E-state index in [9.17, 15) is 4.79 Å². The summed E-state index contributed by atoms with van der Waals surface area (Å²) >= 11 is 7.25. The van der Waals surface area contributed by atoms with Gasteiger partial charge in [-0.15, -0.1) is 11.3 Å². The summed E-state index contributed by atoms with van der Waals surface area (Å²) < 4.78 is 0. The number of carbonyl (C=O) groups is 1. The molecule has 0 aliphatic heterocycles.